The van der Waals surface area contributed by atoms with E-state index >= 15 is 0 Å². The SMILES string of the molecule is Fc1cccc2c1OC(C(F)(F)F)=[C]O2. The van der Waals surface area contributed by atoms with E-state index < -0.39 is 23.5 Å². The number of hydrogen-bond donors (Lipinski definition) is 0. The molecule has 15 heavy (non-hydrogen) atoms. The highest BCUT2D eigenvalue weighted by molar-refractivity contribution is 5.43. The third-order valence-electron chi connectivity index (χ3n) is 1.65. The summed E-state index contributed by atoms with van der Waals surface area (Å²) >= 11 is 0. The van der Waals surface area contributed by atoms with Gasteiger partial charge < -0.3 is 9.47 Å². The molecule has 0 unspecified atom stereocenters. The van der Waals surface area contributed by atoms with Crippen molar-refractivity contribution in [3.63, 3.8) is 0 Å². The number of hydrogen-bond acceptors (Lipinski definition) is 2. The van der Waals surface area contributed by atoms with Gasteiger partial charge in [0.15, 0.2) is 11.6 Å². The maximum absolute atomic E-state index is 13.0. The van der Waals surface area contributed by atoms with Crippen LogP contribution in [-0.2, 0) is 0 Å². The predicted octanol–water partition coefficient (Wildman–Crippen LogP) is 2.80. The monoisotopic (exact) mass is 219 g/mol. The molecular weight excluding hydrogens is 216 g/mol. The van der Waals surface area contributed by atoms with Gasteiger partial charge in [-0.3, -0.25) is 0 Å². The summed E-state index contributed by atoms with van der Waals surface area (Å²) in [6.07, 6.45) is -3.20. The number of fused-ring (bicyclic) bond motifs is 1. The van der Waals surface area contributed by atoms with E-state index in [1.165, 1.54) is 12.1 Å². The van der Waals surface area contributed by atoms with Crippen molar-refractivity contribution in [2.75, 3.05) is 0 Å². The Morgan fingerprint density at radius 1 is 1.20 bits per heavy atom. The summed E-state index contributed by atoms with van der Waals surface area (Å²) in [6.45, 7) is 0. The molecule has 1 radical (unpaired) electrons. The maximum Gasteiger partial charge on any atom is 0.453 e. The summed E-state index contributed by atoms with van der Waals surface area (Å²) in [7, 11) is 0. The first-order valence-corrected chi connectivity index (χ1v) is 3.82. The number of ether oxygens (including phenoxy) is 2. The zero-order valence-electron chi connectivity index (χ0n) is 7.06. The van der Waals surface area contributed by atoms with E-state index in [1.807, 2.05) is 0 Å². The van der Waals surface area contributed by atoms with Crippen LogP contribution in [0.2, 0.25) is 0 Å². The molecule has 0 amide bonds. The molecule has 1 aromatic rings. The first-order chi connectivity index (χ1) is 6.98. The molecular formula is C9H3F4O2. The van der Waals surface area contributed by atoms with E-state index in [0.29, 0.717) is 0 Å². The van der Waals surface area contributed by atoms with E-state index in [4.69, 9.17) is 0 Å². The molecule has 0 bridgehead atoms. The summed E-state index contributed by atoms with van der Waals surface area (Å²) in [5.74, 6) is -3.14. The van der Waals surface area contributed by atoms with Crippen molar-refractivity contribution in [1.82, 2.24) is 0 Å². The van der Waals surface area contributed by atoms with Crippen LogP contribution in [0.25, 0.3) is 0 Å². The highest BCUT2D eigenvalue weighted by Crippen LogP contribution is 2.38. The molecule has 1 aliphatic heterocycles. The lowest BCUT2D eigenvalue weighted by molar-refractivity contribution is -0.121. The topological polar surface area (TPSA) is 18.5 Å². The van der Waals surface area contributed by atoms with Gasteiger partial charge in [-0.15, -0.1) is 0 Å². The van der Waals surface area contributed by atoms with E-state index in [1.54, 1.807) is 6.26 Å². The largest absolute Gasteiger partial charge is 0.453 e. The van der Waals surface area contributed by atoms with E-state index in [9.17, 15) is 17.6 Å². The van der Waals surface area contributed by atoms with Gasteiger partial charge >= 0.3 is 6.18 Å². The number of alkyl halides is 3. The average Bonchev–Trinajstić information content (AvgIpc) is 2.16. The Balaban J connectivity index is 2.37. The molecule has 1 aromatic carbocycles. The van der Waals surface area contributed by atoms with Gasteiger partial charge in [-0.2, -0.15) is 13.2 Å². The van der Waals surface area contributed by atoms with E-state index in [-0.39, 0.29) is 5.75 Å². The third-order valence-corrected chi connectivity index (χ3v) is 1.65. The van der Waals surface area contributed by atoms with Gasteiger partial charge in [-0.25, -0.2) is 4.39 Å². The lowest BCUT2D eigenvalue weighted by Crippen LogP contribution is -2.21. The van der Waals surface area contributed by atoms with Gasteiger partial charge in [-0.1, -0.05) is 6.07 Å². The van der Waals surface area contributed by atoms with Crippen LogP contribution in [-0.4, -0.2) is 6.18 Å². The van der Waals surface area contributed by atoms with Gasteiger partial charge in [-0.05, 0) is 12.1 Å². The van der Waals surface area contributed by atoms with Gasteiger partial charge in [0, 0.05) is 0 Å². The molecule has 0 saturated heterocycles. The molecule has 0 N–H and O–H groups in total. The van der Waals surface area contributed by atoms with Crippen molar-refractivity contribution in [1.29, 1.82) is 0 Å². The second-order valence-electron chi connectivity index (χ2n) is 2.70. The number of benzene rings is 1. The smallest absolute Gasteiger partial charge is 0.445 e. The Bertz CT molecular complexity index is 423. The fourth-order valence-corrected chi connectivity index (χ4v) is 1.01. The Labute approximate surface area is 81.7 Å². The zero-order chi connectivity index (χ0) is 11.1. The molecule has 6 heteroatoms. The van der Waals surface area contributed by atoms with Crippen LogP contribution in [0.4, 0.5) is 17.6 Å². The normalized spacial score (nSPS) is 14.8. The predicted molar refractivity (Wildman–Crippen MR) is 40.5 cm³/mol. The first kappa shape index (κ1) is 9.82. The highest BCUT2D eigenvalue weighted by Gasteiger charge is 2.40. The minimum Gasteiger partial charge on any atom is -0.445 e. The fourth-order valence-electron chi connectivity index (χ4n) is 1.01. The summed E-state index contributed by atoms with van der Waals surface area (Å²) in [4.78, 5) is 0. The van der Waals surface area contributed by atoms with Crippen LogP contribution >= 0.6 is 0 Å². The van der Waals surface area contributed by atoms with Gasteiger partial charge in [0.1, 0.15) is 0 Å². The van der Waals surface area contributed by atoms with Crippen LogP contribution in [0.3, 0.4) is 0 Å². The fraction of sp³-hybridized carbons (Fsp3) is 0.111. The zero-order valence-corrected chi connectivity index (χ0v) is 7.06. The van der Waals surface area contributed by atoms with Crippen molar-refractivity contribution in [2.45, 2.75) is 6.18 Å². The molecule has 2 nitrogen and oxygen atoms in total. The lowest BCUT2D eigenvalue weighted by Gasteiger charge is -2.18. The molecule has 0 aromatic heterocycles. The molecule has 0 aliphatic carbocycles. The van der Waals surface area contributed by atoms with Crippen LogP contribution in [0, 0.1) is 12.1 Å². The molecule has 0 fully saturated rings. The van der Waals surface area contributed by atoms with Crippen molar-refractivity contribution in [3.8, 4) is 11.5 Å². The summed E-state index contributed by atoms with van der Waals surface area (Å²) in [5, 5.41) is 0. The quantitative estimate of drug-likeness (QED) is 0.624. The van der Waals surface area contributed by atoms with Crippen LogP contribution in [0.15, 0.2) is 24.0 Å². The van der Waals surface area contributed by atoms with Crippen LogP contribution in [0.1, 0.15) is 0 Å². The van der Waals surface area contributed by atoms with Gasteiger partial charge in [0.2, 0.25) is 12.0 Å². The number of para-hydroxylation sites is 1. The van der Waals surface area contributed by atoms with Crippen LogP contribution in [0.5, 0.6) is 11.5 Å². The minimum atomic E-state index is -4.75. The highest BCUT2D eigenvalue weighted by atomic mass is 19.4. The molecule has 0 spiro atoms. The molecule has 0 atom stereocenters. The number of rotatable bonds is 0. The number of allylic oxidation sites excluding steroid dienone is 1. The second kappa shape index (κ2) is 3.15. The standard InChI is InChI=1S/C9H3F4O2/c10-5-2-1-3-6-8(5)15-7(4-14-6)9(11,12)13/h1-3H. The third kappa shape index (κ3) is 1.74. The summed E-state index contributed by atoms with van der Waals surface area (Å²) in [6, 6.07) is 3.54. The Kier molecular flexibility index (Phi) is 2.06. The molecule has 0 saturated carbocycles. The van der Waals surface area contributed by atoms with Gasteiger partial charge in [0.05, 0.1) is 0 Å². The van der Waals surface area contributed by atoms with Crippen LogP contribution < -0.4 is 9.47 Å². The molecule has 79 valence electrons. The van der Waals surface area contributed by atoms with Crippen molar-refractivity contribution in [3.05, 3.63) is 36.0 Å². The van der Waals surface area contributed by atoms with Gasteiger partial charge in [0.25, 0.3) is 5.76 Å². The average molecular weight is 219 g/mol. The minimum absolute atomic E-state index is 0.136. The Morgan fingerprint density at radius 2 is 1.93 bits per heavy atom. The number of halogens is 4. The van der Waals surface area contributed by atoms with Crippen molar-refractivity contribution in [2.24, 2.45) is 0 Å². The summed E-state index contributed by atoms with van der Waals surface area (Å²) < 4.78 is 58.2. The molecule has 2 rings (SSSR count). The van der Waals surface area contributed by atoms with E-state index in [0.717, 1.165) is 6.07 Å². The maximum atomic E-state index is 13.0. The van der Waals surface area contributed by atoms with Crippen molar-refractivity contribution < 1.29 is 27.0 Å². The Morgan fingerprint density at radius 3 is 2.60 bits per heavy atom. The van der Waals surface area contributed by atoms with Crippen molar-refractivity contribution >= 4 is 0 Å². The Hall–Kier alpha value is -1.72. The molecule has 1 aliphatic rings. The molecule has 1 heterocycles. The second-order valence-corrected chi connectivity index (χ2v) is 2.70. The summed E-state index contributed by atoms with van der Waals surface area (Å²) in [5.41, 5.74) is 0. The first-order valence-electron chi connectivity index (χ1n) is 3.82. The lowest BCUT2D eigenvalue weighted by atomic mass is 10.3. The van der Waals surface area contributed by atoms with E-state index in [2.05, 4.69) is 9.47 Å².